The minimum absolute atomic E-state index is 0.0143. The van der Waals surface area contributed by atoms with Gasteiger partial charge in [-0.05, 0) is 11.0 Å². The van der Waals surface area contributed by atoms with Crippen LogP contribution in [0.15, 0.2) is 24.3 Å². The minimum Gasteiger partial charge on any atom is -0.423 e. The molecule has 4 nitrogen and oxygen atoms in total. The van der Waals surface area contributed by atoms with Crippen molar-refractivity contribution < 1.29 is 14.8 Å². The average molecular weight is 207 g/mol. The Morgan fingerprint density at radius 2 is 2.07 bits per heavy atom. The van der Waals surface area contributed by atoms with Gasteiger partial charge in [0.05, 0.1) is 6.42 Å². The Morgan fingerprint density at radius 3 is 2.60 bits per heavy atom. The Balaban J connectivity index is 2.78. The lowest BCUT2D eigenvalue weighted by atomic mass is 9.79. The molecule has 0 spiro atoms. The summed E-state index contributed by atoms with van der Waals surface area (Å²) in [6, 6.07) is 6.71. The van der Waals surface area contributed by atoms with E-state index in [0.717, 1.165) is 5.56 Å². The second-order valence-electron chi connectivity index (χ2n) is 3.58. The smallest absolute Gasteiger partial charge is 0.423 e. The molecule has 0 heterocycles. The first kappa shape index (κ1) is 11.7. The van der Waals surface area contributed by atoms with Gasteiger partial charge < -0.3 is 14.9 Å². The van der Waals surface area contributed by atoms with Crippen LogP contribution >= 0.6 is 0 Å². The van der Waals surface area contributed by atoms with Crippen LogP contribution in [0.1, 0.15) is 5.56 Å². The van der Waals surface area contributed by atoms with E-state index in [2.05, 4.69) is 0 Å². The van der Waals surface area contributed by atoms with Gasteiger partial charge in [0.2, 0.25) is 5.91 Å². The third kappa shape index (κ3) is 3.38. The van der Waals surface area contributed by atoms with Gasteiger partial charge in [-0.25, -0.2) is 0 Å². The predicted octanol–water partition coefficient (Wildman–Crippen LogP) is -1.00. The Kier molecular flexibility index (Phi) is 3.88. The third-order valence-corrected chi connectivity index (χ3v) is 2.10. The number of hydrogen-bond donors (Lipinski definition) is 2. The minimum atomic E-state index is -1.49. The lowest BCUT2D eigenvalue weighted by Crippen LogP contribution is -2.30. The van der Waals surface area contributed by atoms with Gasteiger partial charge in [-0.3, -0.25) is 4.79 Å². The molecule has 2 N–H and O–H groups in total. The molecule has 80 valence electrons. The first-order valence-electron chi connectivity index (χ1n) is 4.66. The highest BCUT2D eigenvalue weighted by Crippen LogP contribution is 2.00. The highest BCUT2D eigenvalue weighted by atomic mass is 16.4. The molecule has 0 bridgehead atoms. The summed E-state index contributed by atoms with van der Waals surface area (Å²) in [5.74, 6) is -0.0143. The maximum atomic E-state index is 11.4. The van der Waals surface area contributed by atoms with Crippen molar-refractivity contribution in [1.82, 2.24) is 4.90 Å². The molecule has 0 saturated carbocycles. The summed E-state index contributed by atoms with van der Waals surface area (Å²) in [4.78, 5) is 12.9. The van der Waals surface area contributed by atoms with Gasteiger partial charge in [-0.1, -0.05) is 24.3 Å². The Hall–Kier alpha value is -1.33. The summed E-state index contributed by atoms with van der Waals surface area (Å²) >= 11 is 0. The number of carbonyl (C=O) groups excluding carboxylic acids is 1. The quantitative estimate of drug-likeness (QED) is 0.624. The Labute approximate surface area is 89.3 Å². The van der Waals surface area contributed by atoms with Gasteiger partial charge in [0.25, 0.3) is 0 Å². The van der Waals surface area contributed by atoms with E-state index >= 15 is 0 Å². The summed E-state index contributed by atoms with van der Waals surface area (Å²) in [6.07, 6.45) is 0.271. The van der Waals surface area contributed by atoms with Gasteiger partial charge in [0.15, 0.2) is 0 Å². The number of rotatable bonds is 3. The molecule has 0 aliphatic carbocycles. The van der Waals surface area contributed by atoms with Crippen LogP contribution < -0.4 is 5.46 Å². The van der Waals surface area contributed by atoms with Crippen molar-refractivity contribution in [3.05, 3.63) is 29.8 Å². The third-order valence-electron chi connectivity index (χ3n) is 2.10. The van der Waals surface area contributed by atoms with E-state index in [-0.39, 0.29) is 12.3 Å². The van der Waals surface area contributed by atoms with Gasteiger partial charge in [-0.2, -0.15) is 0 Å². The second-order valence-corrected chi connectivity index (χ2v) is 3.58. The first-order valence-corrected chi connectivity index (χ1v) is 4.66. The molecule has 1 amide bonds. The van der Waals surface area contributed by atoms with Gasteiger partial charge >= 0.3 is 7.12 Å². The van der Waals surface area contributed by atoms with Crippen LogP contribution in [0.5, 0.6) is 0 Å². The topological polar surface area (TPSA) is 60.8 Å². The van der Waals surface area contributed by atoms with Crippen LogP contribution in [0.2, 0.25) is 0 Å². The Bertz CT molecular complexity index is 352. The summed E-state index contributed by atoms with van der Waals surface area (Å²) in [6.45, 7) is 0. The molecule has 1 aromatic carbocycles. The first-order chi connectivity index (χ1) is 7.00. The van der Waals surface area contributed by atoms with E-state index in [1.165, 1.54) is 4.90 Å². The molecule has 1 aromatic rings. The van der Waals surface area contributed by atoms with Gasteiger partial charge in [0.1, 0.15) is 0 Å². The summed E-state index contributed by atoms with van der Waals surface area (Å²) in [5.41, 5.74) is 1.18. The van der Waals surface area contributed by atoms with Gasteiger partial charge in [0, 0.05) is 14.1 Å². The van der Waals surface area contributed by atoms with E-state index in [9.17, 15) is 4.79 Å². The van der Waals surface area contributed by atoms with Crippen molar-refractivity contribution >= 4 is 18.5 Å². The van der Waals surface area contributed by atoms with Crippen LogP contribution in [0, 0.1) is 0 Å². The standard InChI is InChI=1S/C10H14BNO3/c1-12(2)10(13)7-8-4-3-5-9(6-8)11(14)15/h3-6,14-15H,7H2,1-2H3. The van der Waals surface area contributed by atoms with E-state index in [4.69, 9.17) is 10.0 Å². The number of hydrogen-bond acceptors (Lipinski definition) is 3. The Morgan fingerprint density at radius 1 is 1.40 bits per heavy atom. The molecular weight excluding hydrogens is 193 g/mol. The van der Waals surface area contributed by atoms with Crippen LogP contribution in [0.4, 0.5) is 0 Å². The van der Waals surface area contributed by atoms with Crippen molar-refractivity contribution in [1.29, 1.82) is 0 Å². The SMILES string of the molecule is CN(C)C(=O)Cc1cccc(B(O)O)c1. The van der Waals surface area contributed by atoms with E-state index in [0.29, 0.717) is 5.46 Å². The molecule has 0 saturated heterocycles. The largest absolute Gasteiger partial charge is 0.488 e. The highest BCUT2D eigenvalue weighted by molar-refractivity contribution is 6.58. The van der Waals surface area contributed by atoms with Crippen LogP contribution in [0.3, 0.4) is 0 Å². The number of carbonyl (C=O) groups is 1. The normalized spacial score (nSPS) is 9.87. The molecular formula is C10H14BNO3. The summed E-state index contributed by atoms with van der Waals surface area (Å²) in [7, 11) is 1.89. The molecule has 0 radical (unpaired) electrons. The maximum Gasteiger partial charge on any atom is 0.488 e. The molecule has 0 aliphatic heterocycles. The lowest BCUT2D eigenvalue weighted by molar-refractivity contribution is -0.127. The van der Waals surface area contributed by atoms with Crippen LogP contribution in [0.25, 0.3) is 0 Å². The molecule has 0 aliphatic rings. The van der Waals surface area contributed by atoms with Crippen LogP contribution in [-0.2, 0) is 11.2 Å². The van der Waals surface area contributed by atoms with Crippen molar-refractivity contribution in [3.63, 3.8) is 0 Å². The summed E-state index contributed by atoms with van der Waals surface area (Å²) in [5, 5.41) is 17.9. The summed E-state index contributed by atoms with van der Waals surface area (Å²) < 4.78 is 0. The van der Waals surface area contributed by atoms with E-state index in [1.54, 1.807) is 38.4 Å². The fourth-order valence-corrected chi connectivity index (χ4v) is 1.20. The highest BCUT2D eigenvalue weighted by Gasteiger charge is 2.12. The molecule has 0 unspecified atom stereocenters. The average Bonchev–Trinajstić information content (AvgIpc) is 2.18. The number of amides is 1. The number of likely N-dealkylation sites (N-methyl/N-ethyl adjacent to an activating group) is 1. The molecule has 0 fully saturated rings. The molecule has 15 heavy (non-hydrogen) atoms. The van der Waals surface area contributed by atoms with Crippen molar-refractivity contribution in [2.45, 2.75) is 6.42 Å². The van der Waals surface area contributed by atoms with E-state index in [1.807, 2.05) is 0 Å². The molecule has 0 aromatic heterocycles. The number of nitrogens with zero attached hydrogens (tertiary/aromatic N) is 1. The van der Waals surface area contributed by atoms with Crippen molar-refractivity contribution in [2.75, 3.05) is 14.1 Å². The van der Waals surface area contributed by atoms with Crippen molar-refractivity contribution in [3.8, 4) is 0 Å². The van der Waals surface area contributed by atoms with E-state index < -0.39 is 7.12 Å². The van der Waals surface area contributed by atoms with Crippen molar-refractivity contribution in [2.24, 2.45) is 0 Å². The fraction of sp³-hybridized carbons (Fsp3) is 0.300. The second kappa shape index (κ2) is 4.95. The van der Waals surface area contributed by atoms with Gasteiger partial charge in [-0.15, -0.1) is 0 Å². The zero-order chi connectivity index (χ0) is 11.4. The lowest BCUT2D eigenvalue weighted by Gasteiger charge is -2.10. The van der Waals surface area contributed by atoms with Crippen LogP contribution in [-0.4, -0.2) is 42.1 Å². The maximum absolute atomic E-state index is 11.4. The fourth-order valence-electron chi connectivity index (χ4n) is 1.20. The number of benzene rings is 1. The molecule has 5 heteroatoms. The zero-order valence-electron chi connectivity index (χ0n) is 8.84. The molecule has 1 rings (SSSR count). The zero-order valence-corrected chi connectivity index (χ0v) is 8.84. The molecule has 0 atom stereocenters. The monoisotopic (exact) mass is 207 g/mol. The predicted molar refractivity (Wildman–Crippen MR) is 58.7 cm³/mol.